The average molecular weight is 331 g/mol. The van der Waals surface area contributed by atoms with Crippen LogP contribution in [0.1, 0.15) is 22.3 Å². The summed E-state index contributed by atoms with van der Waals surface area (Å²) in [6.07, 6.45) is 0.298. The maximum atomic E-state index is 12.2. The van der Waals surface area contributed by atoms with Crippen molar-refractivity contribution in [3.63, 3.8) is 0 Å². The van der Waals surface area contributed by atoms with Crippen LogP contribution in [0.3, 0.4) is 0 Å². The number of hydrogen-bond acceptors (Lipinski definition) is 3. The Labute approximate surface area is 138 Å². The monoisotopic (exact) mass is 330 g/mol. The second-order valence-electron chi connectivity index (χ2n) is 5.17. The number of halogens is 1. The van der Waals surface area contributed by atoms with E-state index in [0.29, 0.717) is 41.6 Å². The van der Waals surface area contributed by atoms with E-state index in [1.807, 2.05) is 12.1 Å². The Hall–Kier alpha value is -2.53. The van der Waals surface area contributed by atoms with Gasteiger partial charge < -0.3 is 15.4 Å². The van der Waals surface area contributed by atoms with E-state index in [-0.39, 0.29) is 11.8 Å². The number of rotatable bonds is 3. The minimum atomic E-state index is -0.221. The highest BCUT2D eigenvalue weighted by Crippen LogP contribution is 2.28. The first-order chi connectivity index (χ1) is 11.1. The highest BCUT2D eigenvalue weighted by Gasteiger charge is 2.16. The van der Waals surface area contributed by atoms with Gasteiger partial charge in [-0.1, -0.05) is 23.7 Å². The van der Waals surface area contributed by atoms with Crippen LogP contribution in [-0.2, 0) is 11.3 Å². The molecule has 0 radical (unpaired) electrons. The van der Waals surface area contributed by atoms with Crippen molar-refractivity contribution in [1.82, 2.24) is 5.32 Å². The van der Waals surface area contributed by atoms with Crippen molar-refractivity contribution in [2.24, 2.45) is 0 Å². The first-order valence-electron chi connectivity index (χ1n) is 7.21. The van der Waals surface area contributed by atoms with E-state index in [1.165, 1.54) is 0 Å². The molecule has 6 heteroatoms. The molecule has 0 spiro atoms. The average Bonchev–Trinajstić information content (AvgIpc) is 2.73. The van der Waals surface area contributed by atoms with E-state index in [1.54, 1.807) is 30.3 Å². The van der Waals surface area contributed by atoms with Crippen molar-refractivity contribution in [3.8, 4) is 5.75 Å². The topological polar surface area (TPSA) is 67.4 Å². The van der Waals surface area contributed by atoms with Crippen molar-refractivity contribution < 1.29 is 14.3 Å². The van der Waals surface area contributed by atoms with Crippen LogP contribution in [0.25, 0.3) is 0 Å². The number of fused-ring (bicyclic) bond motifs is 1. The SMILES string of the molecule is O=C1CCOc2ccc(C(=O)NCc3ccc(Cl)cc3)cc2N1. The lowest BCUT2D eigenvalue weighted by molar-refractivity contribution is -0.116. The van der Waals surface area contributed by atoms with Crippen LogP contribution in [0.5, 0.6) is 5.75 Å². The molecule has 0 aliphatic carbocycles. The predicted molar refractivity (Wildman–Crippen MR) is 87.8 cm³/mol. The molecule has 0 fully saturated rings. The molecule has 2 amide bonds. The first-order valence-corrected chi connectivity index (χ1v) is 7.59. The van der Waals surface area contributed by atoms with Gasteiger partial charge in [0.1, 0.15) is 5.75 Å². The van der Waals surface area contributed by atoms with Gasteiger partial charge >= 0.3 is 0 Å². The van der Waals surface area contributed by atoms with Gasteiger partial charge in [0.2, 0.25) is 5.91 Å². The standard InChI is InChI=1S/C17H15ClN2O3/c18-13-4-1-11(2-5-13)10-19-17(22)12-3-6-15-14(9-12)20-16(21)7-8-23-15/h1-6,9H,7-8,10H2,(H,19,22)(H,20,21). The Morgan fingerprint density at radius 2 is 2.00 bits per heavy atom. The van der Waals surface area contributed by atoms with Gasteiger partial charge in [-0.05, 0) is 35.9 Å². The van der Waals surface area contributed by atoms with Gasteiger partial charge in [-0.3, -0.25) is 9.59 Å². The fourth-order valence-corrected chi connectivity index (χ4v) is 2.37. The second-order valence-corrected chi connectivity index (χ2v) is 5.60. The van der Waals surface area contributed by atoms with E-state index in [0.717, 1.165) is 5.56 Å². The molecule has 3 rings (SSSR count). The van der Waals surface area contributed by atoms with Gasteiger partial charge in [-0.15, -0.1) is 0 Å². The van der Waals surface area contributed by atoms with E-state index >= 15 is 0 Å². The molecule has 0 bridgehead atoms. The molecule has 1 aliphatic rings. The number of carbonyl (C=O) groups is 2. The van der Waals surface area contributed by atoms with Crippen LogP contribution in [-0.4, -0.2) is 18.4 Å². The molecule has 0 saturated carbocycles. The van der Waals surface area contributed by atoms with E-state index in [2.05, 4.69) is 10.6 Å². The second kappa shape index (κ2) is 6.71. The summed E-state index contributed by atoms with van der Waals surface area (Å²) in [7, 11) is 0. The fraction of sp³-hybridized carbons (Fsp3) is 0.176. The molecule has 0 aromatic heterocycles. The lowest BCUT2D eigenvalue weighted by atomic mass is 10.1. The first kappa shape index (κ1) is 15.4. The summed E-state index contributed by atoms with van der Waals surface area (Å²) in [5, 5.41) is 6.23. The number of amides is 2. The smallest absolute Gasteiger partial charge is 0.251 e. The lowest BCUT2D eigenvalue weighted by Crippen LogP contribution is -2.23. The highest BCUT2D eigenvalue weighted by atomic mass is 35.5. The van der Waals surface area contributed by atoms with Gasteiger partial charge in [-0.2, -0.15) is 0 Å². The van der Waals surface area contributed by atoms with Crippen molar-refractivity contribution in [1.29, 1.82) is 0 Å². The van der Waals surface area contributed by atoms with E-state index in [9.17, 15) is 9.59 Å². The summed E-state index contributed by atoms with van der Waals surface area (Å²) in [6.45, 7) is 0.733. The van der Waals surface area contributed by atoms with Gasteiger partial charge in [0.05, 0.1) is 18.7 Å². The number of carbonyl (C=O) groups excluding carboxylic acids is 2. The van der Waals surface area contributed by atoms with Crippen molar-refractivity contribution in [2.45, 2.75) is 13.0 Å². The molecular formula is C17H15ClN2O3. The summed E-state index contributed by atoms with van der Waals surface area (Å²) in [6, 6.07) is 12.2. The molecule has 0 atom stereocenters. The third-order valence-electron chi connectivity index (χ3n) is 3.47. The van der Waals surface area contributed by atoms with Crippen LogP contribution in [0, 0.1) is 0 Å². The summed E-state index contributed by atoms with van der Waals surface area (Å²) >= 11 is 5.83. The molecule has 5 nitrogen and oxygen atoms in total. The minimum absolute atomic E-state index is 0.123. The zero-order valence-corrected chi connectivity index (χ0v) is 13.0. The number of ether oxygens (including phenoxy) is 1. The normalized spacial score (nSPS) is 13.3. The van der Waals surface area contributed by atoms with Crippen molar-refractivity contribution >= 4 is 29.1 Å². The zero-order chi connectivity index (χ0) is 16.2. The third-order valence-corrected chi connectivity index (χ3v) is 3.72. The number of anilines is 1. The quantitative estimate of drug-likeness (QED) is 0.909. The Morgan fingerprint density at radius 3 is 2.78 bits per heavy atom. The van der Waals surface area contributed by atoms with Crippen LogP contribution in [0.15, 0.2) is 42.5 Å². The Bertz CT molecular complexity index is 744. The molecule has 2 aromatic rings. The maximum Gasteiger partial charge on any atom is 0.251 e. The number of benzene rings is 2. The molecule has 23 heavy (non-hydrogen) atoms. The summed E-state index contributed by atoms with van der Waals surface area (Å²) in [5.74, 6) is 0.230. The van der Waals surface area contributed by atoms with Crippen LogP contribution >= 0.6 is 11.6 Å². The van der Waals surface area contributed by atoms with Crippen molar-refractivity contribution in [3.05, 3.63) is 58.6 Å². The maximum absolute atomic E-state index is 12.2. The summed E-state index contributed by atoms with van der Waals surface area (Å²) < 4.78 is 5.47. The van der Waals surface area contributed by atoms with Crippen LogP contribution in [0.2, 0.25) is 5.02 Å². The third kappa shape index (κ3) is 3.81. The van der Waals surface area contributed by atoms with Crippen LogP contribution in [0.4, 0.5) is 5.69 Å². The van der Waals surface area contributed by atoms with E-state index in [4.69, 9.17) is 16.3 Å². The van der Waals surface area contributed by atoms with Crippen LogP contribution < -0.4 is 15.4 Å². The highest BCUT2D eigenvalue weighted by molar-refractivity contribution is 6.30. The van der Waals surface area contributed by atoms with Gasteiger partial charge in [0.25, 0.3) is 5.91 Å². The largest absolute Gasteiger partial charge is 0.491 e. The molecule has 1 aliphatic heterocycles. The number of hydrogen-bond donors (Lipinski definition) is 2. The predicted octanol–water partition coefficient (Wildman–Crippen LogP) is 2.99. The Kier molecular flexibility index (Phi) is 4.48. The van der Waals surface area contributed by atoms with E-state index < -0.39 is 0 Å². The number of nitrogens with one attached hydrogen (secondary N) is 2. The Morgan fingerprint density at radius 1 is 1.22 bits per heavy atom. The molecule has 2 aromatic carbocycles. The minimum Gasteiger partial charge on any atom is -0.491 e. The summed E-state index contributed by atoms with van der Waals surface area (Å²) in [4.78, 5) is 23.8. The molecular weight excluding hydrogens is 316 g/mol. The van der Waals surface area contributed by atoms with Gasteiger partial charge in [0.15, 0.2) is 0 Å². The molecule has 118 valence electrons. The molecule has 0 unspecified atom stereocenters. The van der Waals surface area contributed by atoms with Crippen molar-refractivity contribution in [2.75, 3.05) is 11.9 Å². The summed E-state index contributed by atoms with van der Waals surface area (Å²) in [5.41, 5.74) is 1.93. The Balaban J connectivity index is 1.70. The van der Waals surface area contributed by atoms with Gasteiger partial charge in [0, 0.05) is 17.1 Å². The molecule has 2 N–H and O–H groups in total. The fourth-order valence-electron chi connectivity index (χ4n) is 2.25. The van der Waals surface area contributed by atoms with Gasteiger partial charge in [-0.25, -0.2) is 0 Å². The zero-order valence-electron chi connectivity index (χ0n) is 12.3. The molecule has 1 heterocycles. The lowest BCUT2D eigenvalue weighted by Gasteiger charge is -2.10. The molecule has 0 saturated heterocycles.